The van der Waals surface area contributed by atoms with E-state index in [1.54, 1.807) is 33.4 Å². The standard InChI is InChI=1S/C16H21N3O3.C14H17N3O2.C10H17N3O2.C8H13N3O2/c1-18-7-8-19-14(9-18)15(20)17-13(16(19)21)11-22-10-12-5-3-2-4-6-12;1-16-7-8-17-11(9-16)13(18)15-12(14(17)19)10-5-3-2-4-6-10;1-10(2)9(15)13-5-4-12(3)6-7(13)8(14)11-10;1-10-2-3-11-6(5-10)8(13)9-4-7(11)12/h2-6,13-14H,7-11H2,1H3,(H,17,20);2-6,11-12H,7-9H2,1H3,(H,15,18);7H,4-6H2,1-3H3,(H,11,14);6H,2-5H2,1H3,(H,9,13). The van der Waals surface area contributed by atoms with Crippen LogP contribution in [0.1, 0.15) is 31.0 Å². The highest BCUT2D eigenvalue weighted by molar-refractivity contribution is 6.00. The normalized spacial score (nSPS) is 28.3. The number of amides is 8. The zero-order valence-electron chi connectivity index (χ0n) is 40.6. The third-order valence-corrected chi connectivity index (χ3v) is 13.8. The van der Waals surface area contributed by atoms with Crippen LogP contribution in [0.4, 0.5) is 0 Å². The first-order chi connectivity index (χ1) is 32.9. The summed E-state index contributed by atoms with van der Waals surface area (Å²) < 4.78 is 5.61. The molecule has 0 saturated carbocycles. The lowest BCUT2D eigenvalue weighted by Crippen LogP contribution is -2.72. The highest BCUT2D eigenvalue weighted by Crippen LogP contribution is 2.25. The number of carbonyl (C=O) groups excluding carboxylic acids is 8. The second-order valence-corrected chi connectivity index (χ2v) is 19.5. The van der Waals surface area contributed by atoms with E-state index < -0.39 is 17.6 Å². The summed E-state index contributed by atoms with van der Waals surface area (Å²) in [6, 6.07) is 16.8. The van der Waals surface area contributed by atoms with E-state index in [9.17, 15) is 38.4 Å². The minimum atomic E-state index is -0.747. The maximum atomic E-state index is 12.5. The van der Waals surface area contributed by atoms with Crippen LogP contribution in [-0.2, 0) is 49.7 Å². The number of hydrogen-bond acceptors (Lipinski definition) is 13. The van der Waals surface area contributed by atoms with Crippen molar-refractivity contribution in [1.82, 2.24) is 60.5 Å². The van der Waals surface area contributed by atoms with Gasteiger partial charge in [0.25, 0.3) is 5.91 Å². The lowest BCUT2D eigenvalue weighted by atomic mass is 9.95. The number of nitrogens with zero attached hydrogens (tertiary/aromatic N) is 8. The lowest BCUT2D eigenvalue weighted by molar-refractivity contribution is -0.156. The largest absolute Gasteiger partial charge is 0.374 e. The van der Waals surface area contributed by atoms with Gasteiger partial charge in [-0.15, -0.1) is 0 Å². The Bertz CT molecular complexity index is 2220. The average Bonchev–Trinajstić information content (AvgIpc) is 3.33. The number of benzene rings is 2. The molecule has 0 bridgehead atoms. The Labute approximate surface area is 403 Å². The Morgan fingerprint density at radius 3 is 1.57 bits per heavy atom. The molecule has 4 N–H and O–H groups in total. The van der Waals surface area contributed by atoms with E-state index in [0.29, 0.717) is 59.0 Å². The predicted molar refractivity (Wildman–Crippen MR) is 253 cm³/mol. The van der Waals surface area contributed by atoms with Crippen molar-refractivity contribution in [3.05, 3.63) is 71.8 Å². The molecule has 6 unspecified atom stereocenters. The average molecular weight is 957 g/mol. The Kier molecular flexibility index (Phi) is 16.3. The van der Waals surface area contributed by atoms with Gasteiger partial charge in [-0.1, -0.05) is 60.7 Å². The van der Waals surface area contributed by atoms with Crippen LogP contribution in [0.3, 0.4) is 0 Å². The third-order valence-electron chi connectivity index (χ3n) is 13.8. The molecule has 8 fully saturated rings. The van der Waals surface area contributed by atoms with Gasteiger partial charge >= 0.3 is 0 Å². The van der Waals surface area contributed by atoms with Crippen LogP contribution < -0.4 is 21.3 Å². The van der Waals surface area contributed by atoms with Crippen LogP contribution in [0.25, 0.3) is 0 Å². The number of carbonyl (C=O) groups is 8. The zero-order valence-corrected chi connectivity index (χ0v) is 40.6. The first kappa shape index (κ1) is 50.9. The summed E-state index contributed by atoms with van der Waals surface area (Å²) in [5.74, 6) is -0.163. The number of ether oxygens (including phenoxy) is 1. The summed E-state index contributed by atoms with van der Waals surface area (Å²) in [5.41, 5.74) is 1.15. The lowest BCUT2D eigenvalue weighted by Gasteiger charge is -2.47. The fourth-order valence-electron chi connectivity index (χ4n) is 9.68. The molecule has 2 aromatic rings. The molecule has 21 nitrogen and oxygen atoms in total. The van der Waals surface area contributed by atoms with E-state index in [4.69, 9.17) is 4.74 Å². The van der Waals surface area contributed by atoms with Gasteiger partial charge in [0.15, 0.2) is 0 Å². The summed E-state index contributed by atoms with van der Waals surface area (Å²) in [6.45, 7) is 12.7. The molecule has 8 saturated heterocycles. The highest BCUT2D eigenvalue weighted by atomic mass is 16.5. The SMILES string of the molecule is CN1CCN2C(=O)C(C)(C)NC(=O)C2C1.CN1CCN2C(=O)C(COCc3ccccc3)NC(=O)C2C1.CN1CCN2C(=O)C(c3ccccc3)NC(=O)C2C1.CN1CCN2C(=O)CNC(=O)C2C1. The van der Waals surface area contributed by atoms with Crippen LogP contribution >= 0.6 is 0 Å². The van der Waals surface area contributed by atoms with Crippen molar-refractivity contribution in [2.24, 2.45) is 0 Å². The molecule has 0 aliphatic carbocycles. The van der Waals surface area contributed by atoms with E-state index in [1.165, 1.54) is 0 Å². The molecule has 0 radical (unpaired) electrons. The second-order valence-electron chi connectivity index (χ2n) is 19.5. The van der Waals surface area contributed by atoms with Crippen LogP contribution in [0.2, 0.25) is 0 Å². The molecule has 8 heterocycles. The first-order valence-corrected chi connectivity index (χ1v) is 23.7. The van der Waals surface area contributed by atoms with Gasteiger partial charge in [-0.25, -0.2) is 0 Å². The van der Waals surface area contributed by atoms with Gasteiger partial charge in [-0.05, 0) is 53.2 Å². The monoisotopic (exact) mass is 957 g/mol. The summed E-state index contributed by atoms with van der Waals surface area (Å²) in [6.07, 6.45) is 0. The van der Waals surface area contributed by atoms with Crippen molar-refractivity contribution in [3.63, 3.8) is 0 Å². The number of likely N-dealkylation sites (N-methyl/N-ethyl adjacent to an activating group) is 4. The number of piperazine rings is 8. The molecular formula is C48H68N12O9. The van der Waals surface area contributed by atoms with Crippen LogP contribution in [0, 0.1) is 0 Å². The molecule has 6 atom stereocenters. The summed E-state index contributed by atoms with van der Waals surface area (Å²) >= 11 is 0. The number of nitrogens with one attached hydrogen (secondary N) is 4. The van der Waals surface area contributed by atoms with Gasteiger partial charge in [-0.3, -0.25) is 38.4 Å². The molecular weight excluding hydrogens is 889 g/mol. The number of fused-ring (bicyclic) bond motifs is 4. The fourth-order valence-corrected chi connectivity index (χ4v) is 9.68. The predicted octanol–water partition coefficient (Wildman–Crippen LogP) is -2.86. The number of rotatable bonds is 5. The molecule has 10 rings (SSSR count). The van der Waals surface area contributed by atoms with E-state index in [2.05, 4.69) is 40.9 Å². The van der Waals surface area contributed by atoms with E-state index in [1.807, 2.05) is 88.9 Å². The summed E-state index contributed by atoms with van der Waals surface area (Å²) in [4.78, 5) is 111. The van der Waals surface area contributed by atoms with Crippen LogP contribution in [0.15, 0.2) is 60.7 Å². The minimum Gasteiger partial charge on any atom is -0.374 e. The topological polar surface area (TPSA) is 220 Å². The van der Waals surface area contributed by atoms with Crippen molar-refractivity contribution >= 4 is 47.3 Å². The molecule has 69 heavy (non-hydrogen) atoms. The highest BCUT2D eigenvalue weighted by Gasteiger charge is 2.47. The molecule has 0 aromatic heterocycles. The van der Waals surface area contributed by atoms with Gasteiger partial charge < -0.3 is 65.2 Å². The Morgan fingerprint density at radius 1 is 0.536 bits per heavy atom. The van der Waals surface area contributed by atoms with Crippen LogP contribution in [-0.4, -0.2) is 242 Å². The van der Waals surface area contributed by atoms with Gasteiger partial charge in [-0.2, -0.15) is 0 Å². The molecule has 8 aliphatic rings. The van der Waals surface area contributed by atoms with E-state index in [-0.39, 0.29) is 84.6 Å². The van der Waals surface area contributed by atoms with Crippen molar-refractivity contribution < 1.29 is 43.1 Å². The summed E-state index contributed by atoms with van der Waals surface area (Å²) in [5, 5.41) is 11.0. The molecule has 374 valence electrons. The Morgan fingerprint density at radius 2 is 1.00 bits per heavy atom. The minimum absolute atomic E-state index is 0.00361. The first-order valence-electron chi connectivity index (χ1n) is 23.7. The molecule has 8 amide bonds. The van der Waals surface area contributed by atoms with E-state index in [0.717, 1.165) is 37.3 Å². The maximum Gasteiger partial charge on any atom is 0.250 e. The Balaban J connectivity index is 0.000000138. The third kappa shape index (κ3) is 12.1. The second kappa shape index (κ2) is 22.2. The van der Waals surface area contributed by atoms with Gasteiger partial charge in [0.05, 0.1) is 19.8 Å². The van der Waals surface area contributed by atoms with Gasteiger partial charge in [0.2, 0.25) is 41.4 Å². The smallest absolute Gasteiger partial charge is 0.250 e. The van der Waals surface area contributed by atoms with Gasteiger partial charge in [0, 0.05) is 78.5 Å². The van der Waals surface area contributed by atoms with Crippen molar-refractivity contribution in [3.8, 4) is 0 Å². The van der Waals surface area contributed by atoms with Crippen molar-refractivity contribution in [2.45, 2.75) is 62.2 Å². The molecule has 8 aliphatic heterocycles. The quantitative estimate of drug-likeness (QED) is 0.238. The van der Waals surface area contributed by atoms with Crippen LogP contribution in [0.5, 0.6) is 0 Å². The van der Waals surface area contributed by atoms with Crippen molar-refractivity contribution in [2.75, 3.05) is 120 Å². The fraction of sp³-hybridized carbons (Fsp3) is 0.583. The molecule has 2 aromatic carbocycles. The molecule has 0 spiro atoms. The number of hydrogen-bond donors (Lipinski definition) is 4. The summed E-state index contributed by atoms with van der Waals surface area (Å²) in [7, 11) is 7.86. The zero-order chi connectivity index (χ0) is 49.6. The maximum absolute atomic E-state index is 12.5. The molecule has 21 heteroatoms. The van der Waals surface area contributed by atoms with Gasteiger partial charge in [0.1, 0.15) is 41.8 Å². The van der Waals surface area contributed by atoms with Crippen molar-refractivity contribution in [1.29, 1.82) is 0 Å². The Hall–Kier alpha value is -6.00. The van der Waals surface area contributed by atoms with E-state index >= 15 is 0 Å².